The van der Waals surface area contributed by atoms with Crippen molar-refractivity contribution >= 4 is 17.2 Å². The van der Waals surface area contributed by atoms with Gasteiger partial charge in [0.05, 0.1) is 19.3 Å². The summed E-state index contributed by atoms with van der Waals surface area (Å²) in [5, 5.41) is 0. The van der Waals surface area contributed by atoms with Gasteiger partial charge in [-0.05, 0) is 17.7 Å². The first kappa shape index (κ1) is 20.7. The molecule has 0 N–H and O–H groups in total. The van der Waals surface area contributed by atoms with E-state index in [0.717, 1.165) is 10.1 Å². The summed E-state index contributed by atoms with van der Waals surface area (Å²) in [5.41, 5.74) is 1.60. The highest BCUT2D eigenvalue weighted by Gasteiger charge is 2.47. The van der Waals surface area contributed by atoms with Gasteiger partial charge in [0.25, 0.3) is 5.52 Å². The lowest BCUT2D eigenvalue weighted by molar-refractivity contribution is -0.697. The van der Waals surface area contributed by atoms with Crippen LogP contribution in [0.25, 0.3) is 17.2 Å². The maximum atomic E-state index is 13.8. The summed E-state index contributed by atoms with van der Waals surface area (Å²) in [6.07, 6.45) is -0.654. The highest BCUT2D eigenvalue weighted by atomic mass is 19.3. The molecule has 0 spiro atoms. The van der Waals surface area contributed by atoms with Gasteiger partial charge >= 0.3 is 18.2 Å². The predicted octanol–water partition coefficient (Wildman–Crippen LogP) is 4.73. The normalized spacial score (nSPS) is 12.2. The molecule has 0 saturated heterocycles. The molecule has 2 aromatic carbocycles. The van der Waals surface area contributed by atoms with Gasteiger partial charge in [-0.1, -0.05) is 30.3 Å². The van der Waals surface area contributed by atoms with Gasteiger partial charge in [0.15, 0.2) is 0 Å². The van der Waals surface area contributed by atoms with Gasteiger partial charge in [0, 0.05) is 19.8 Å². The molecular formula is C21H21F4N2O2+. The summed E-state index contributed by atoms with van der Waals surface area (Å²) in [7, 11) is 3.24. The van der Waals surface area contributed by atoms with Gasteiger partial charge < -0.3 is 14.1 Å². The number of oxazole rings is 1. The van der Waals surface area contributed by atoms with Crippen molar-refractivity contribution in [2.75, 3.05) is 14.2 Å². The molecule has 0 fully saturated rings. The second kappa shape index (κ2) is 8.55. The summed E-state index contributed by atoms with van der Waals surface area (Å²) >= 11 is 0. The molecule has 0 aliphatic heterocycles. The molecule has 154 valence electrons. The zero-order valence-electron chi connectivity index (χ0n) is 16.0. The van der Waals surface area contributed by atoms with Crippen LogP contribution in [-0.4, -0.2) is 31.4 Å². The van der Waals surface area contributed by atoms with Crippen LogP contribution in [0.15, 0.2) is 59.1 Å². The van der Waals surface area contributed by atoms with Gasteiger partial charge in [-0.3, -0.25) is 0 Å². The van der Waals surface area contributed by atoms with Gasteiger partial charge in [-0.2, -0.15) is 13.3 Å². The lowest BCUT2D eigenvalue weighted by Crippen LogP contribution is -2.47. The van der Waals surface area contributed by atoms with E-state index in [-0.39, 0.29) is 11.4 Å². The Bertz CT molecular complexity index is 987. The quantitative estimate of drug-likeness (QED) is 0.398. The number of nitrogens with zero attached hydrogens (tertiary/aromatic N) is 2. The molecule has 0 atom stereocenters. The number of hydrogen-bond acceptors (Lipinski definition) is 3. The van der Waals surface area contributed by atoms with Crippen molar-refractivity contribution in [2.45, 2.75) is 25.4 Å². The zero-order chi connectivity index (χ0) is 21.0. The third kappa shape index (κ3) is 4.88. The molecule has 0 amide bonds. The summed E-state index contributed by atoms with van der Waals surface area (Å²) < 4.78 is 65.0. The van der Waals surface area contributed by atoms with Crippen molar-refractivity contribution in [1.82, 2.24) is 4.90 Å². The van der Waals surface area contributed by atoms with E-state index in [1.54, 1.807) is 18.3 Å². The van der Waals surface area contributed by atoms with Crippen LogP contribution >= 0.6 is 0 Å². The van der Waals surface area contributed by atoms with Crippen molar-refractivity contribution in [2.24, 2.45) is 0 Å². The molecule has 0 aliphatic carbocycles. The van der Waals surface area contributed by atoms with Crippen LogP contribution in [-0.2, 0) is 13.1 Å². The fourth-order valence-corrected chi connectivity index (χ4v) is 2.89. The molecule has 3 rings (SSSR count). The molecular weight excluding hydrogens is 388 g/mol. The molecule has 8 heteroatoms. The Morgan fingerprint density at radius 1 is 1.17 bits per heavy atom. The van der Waals surface area contributed by atoms with Crippen molar-refractivity contribution in [3.05, 3.63) is 66.2 Å². The van der Waals surface area contributed by atoms with E-state index in [0.29, 0.717) is 17.9 Å². The number of alkyl halides is 4. The second-order valence-electron chi connectivity index (χ2n) is 6.64. The molecule has 1 heterocycles. The fourth-order valence-electron chi connectivity index (χ4n) is 2.89. The van der Waals surface area contributed by atoms with Crippen LogP contribution in [0.4, 0.5) is 17.6 Å². The Hall–Kier alpha value is -3.03. The average molecular weight is 409 g/mol. The molecule has 0 aliphatic rings. The molecule has 0 saturated carbocycles. The molecule has 29 heavy (non-hydrogen) atoms. The van der Waals surface area contributed by atoms with E-state index in [9.17, 15) is 17.6 Å². The van der Waals surface area contributed by atoms with Crippen LogP contribution < -0.4 is 9.30 Å². The average Bonchev–Trinajstić information content (AvgIpc) is 3.03. The molecule has 0 radical (unpaired) electrons. The molecule has 0 unspecified atom stereocenters. The molecule has 4 nitrogen and oxygen atoms in total. The van der Waals surface area contributed by atoms with E-state index in [4.69, 9.17) is 9.15 Å². The van der Waals surface area contributed by atoms with E-state index >= 15 is 0 Å². The van der Waals surface area contributed by atoms with Crippen LogP contribution in [0.2, 0.25) is 0 Å². The maximum absolute atomic E-state index is 13.8. The summed E-state index contributed by atoms with van der Waals surface area (Å²) in [6, 6.07) is 14.3. The van der Waals surface area contributed by atoms with E-state index in [1.807, 2.05) is 42.3 Å². The number of benzene rings is 2. The highest BCUT2D eigenvalue weighted by molar-refractivity contribution is 5.71. The van der Waals surface area contributed by atoms with Crippen LogP contribution in [0.1, 0.15) is 11.5 Å². The van der Waals surface area contributed by atoms with Crippen LogP contribution in [0.5, 0.6) is 5.75 Å². The minimum absolute atomic E-state index is 0.0356. The Kier molecular flexibility index (Phi) is 6.10. The Morgan fingerprint density at radius 3 is 2.55 bits per heavy atom. The lowest BCUT2D eigenvalue weighted by Gasteiger charge is -2.13. The number of aromatic nitrogens is 1. The molecule has 1 aromatic heterocycles. The molecule has 0 bridgehead atoms. The standard InChI is InChI=1S/C21H21F4N2O2/c1-26(13-15-6-4-3-5-7-15)11-10-19-27(14-21(24,25)20(22)23)17-12-16(28-2)8-9-18(17)29-19/h3-12,20H,13-14H2,1-2H3/q+1. The lowest BCUT2D eigenvalue weighted by atomic mass is 10.2. The van der Waals surface area contributed by atoms with E-state index in [2.05, 4.69) is 0 Å². The van der Waals surface area contributed by atoms with Crippen LogP contribution in [0.3, 0.4) is 0 Å². The van der Waals surface area contributed by atoms with Gasteiger partial charge in [0.2, 0.25) is 12.1 Å². The minimum Gasteiger partial charge on any atom is -0.497 e. The smallest absolute Gasteiger partial charge is 0.375 e. The Labute approximate surface area is 165 Å². The number of halogens is 4. The Balaban J connectivity index is 1.94. The van der Waals surface area contributed by atoms with Crippen molar-refractivity contribution in [3.63, 3.8) is 0 Å². The topological polar surface area (TPSA) is 29.5 Å². The largest absolute Gasteiger partial charge is 0.497 e. The maximum Gasteiger partial charge on any atom is 0.375 e. The summed E-state index contributed by atoms with van der Waals surface area (Å²) in [6.45, 7) is -0.633. The third-order valence-corrected chi connectivity index (χ3v) is 4.37. The minimum atomic E-state index is -4.21. The third-order valence-electron chi connectivity index (χ3n) is 4.37. The second-order valence-corrected chi connectivity index (χ2v) is 6.64. The van der Waals surface area contributed by atoms with Crippen molar-refractivity contribution < 1.29 is 31.3 Å². The van der Waals surface area contributed by atoms with Gasteiger partial charge in [0.1, 0.15) is 5.75 Å². The SMILES string of the molecule is COc1ccc2oc(C=CN(C)Cc3ccccc3)[n+](CC(F)(F)C(F)F)c2c1. The predicted molar refractivity (Wildman–Crippen MR) is 101 cm³/mol. The number of ether oxygens (including phenoxy) is 1. The summed E-state index contributed by atoms with van der Waals surface area (Å²) in [5.74, 6) is -3.76. The van der Waals surface area contributed by atoms with Gasteiger partial charge in [-0.25, -0.2) is 8.78 Å². The number of fused-ring (bicyclic) bond motifs is 1. The van der Waals surface area contributed by atoms with E-state index in [1.165, 1.54) is 19.3 Å². The first-order chi connectivity index (χ1) is 13.8. The summed E-state index contributed by atoms with van der Waals surface area (Å²) in [4.78, 5) is 1.83. The first-order valence-electron chi connectivity index (χ1n) is 8.89. The fraction of sp³-hybridized carbons (Fsp3) is 0.286. The van der Waals surface area contributed by atoms with Gasteiger partial charge in [-0.15, -0.1) is 0 Å². The highest BCUT2D eigenvalue weighted by Crippen LogP contribution is 2.26. The Morgan fingerprint density at radius 2 is 1.90 bits per heavy atom. The number of hydrogen-bond donors (Lipinski definition) is 0. The van der Waals surface area contributed by atoms with Crippen molar-refractivity contribution in [3.8, 4) is 5.75 Å². The number of methoxy groups -OCH3 is 1. The van der Waals surface area contributed by atoms with Crippen molar-refractivity contribution in [1.29, 1.82) is 0 Å². The number of rotatable bonds is 8. The van der Waals surface area contributed by atoms with E-state index < -0.39 is 18.9 Å². The van der Waals surface area contributed by atoms with Crippen LogP contribution in [0, 0.1) is 0 Å². The molecule has 3 aromatic rings. The zero-order valence-corrected chi connectivity index (χ0v) is 16.0. The monoisotopic (exact) mass is 409 g/mol. The first-order valence-corrected chi connectivity index (χ1v) is 8.89.